The number of rotatable bonds is 4. The molecule has 1 heterocycles. The number of thiophene rings is 1. The summed E-state index contributed by atoms with van der Waals surface area (Å²) in [5, 5.41) is 3.03. The van der Waals surface area contributed by atoms with Gasteiger partial charge in [-0.1, -0.05) is 13.0 Å². The van der Waals surface area contributed by atoms with Gasteiger partial charge in [-0.15, -0.1) is 11.3 Å². The molecule has 0 aliphatic heterocycles. The quantitative estimate of drug-likeness (QED) is 0.808. The standard InChI is InChI=1S/C14H21NOS/c1-6-7-9(2)14(16)15-11(4)13-8-10(3)17-12(13)5/h7-8,11H,6H2,1-5H3,(H,15,16)/b9-7+. The number of carbonyl (C=O) groups is 1. The van der Waals surface area contributed by atoms with E-state index < -0.39 is 0 Å². The molecular weight excluding hydrogens is 230 g/mol. The Morgan fingerprint density at radius 1 is 1.53 bits per heavy atom. The maximum atomic E-state index is 11.9. The highest BCUT2D eigenvalue weighted by molar-refractivity contribution is 7.12. The van der Waals surface area contributed by atoms with Crippen molar-refractivity contribution in [2.75, 3.05) is 0 Å². The maximum absolute atomic E-state index is 11.9. The molecule has 0 radical (unpaired) electrons. The number of nitrogens with one attached hydrogen (secondary N) is 1. The Balaban J connectivity index is 2.73. The molecule has 1 atom stereocenters. The lowest BCUT2D eigenvalue weighted by Gasteiger charge is -2.14. The highest BCUT2D eigenvalue weighted by Gasteiger charge is 2.14. The average Bonchev–Trinajstić information content (AvgIpc) is 2.58. The number of aryl methyl sites for hydroxylation is 2. The van der Waals surface area contributed by atoms with E-state index in [1.807, 2.05) is 26.8 Å². The number of amides is 1. The summed E-state index contributed by atoms with van der Waals surface area (Å²) < 4.78 is 0. The lowest BCUT2D eigenvalue weighted by Crippen LogP contribution is -2.27. The molecule has 0 fully saturated rings. The summed E-state index contributed by atoms with van der Waals surface area (Å²) in [4.78, 5) is 14.4. The summed E-state index contributed by atoms with van der Waals surface area (Å²) in [6.07, 6.45) is 2.85. The highest BCUT2D eigenvalue weighted by Crippen LogP contribution is 2.26. The fourth-order valence-corrected chi connectivity index (χ4v) is 2.89. The first-order valence-electron chi connectivity index (χ1n) is 6.00. The van der Waals surface area contributed by atoms with Crippen molar-refractivity contribution in [2.45, 2.75) is 47.1 Å². The van der Waals surface area contributed by atoms with Crippen LogP contribution in [-0.4, -0.2) is 5.91 Å². The molecule has 2 nitrogen and oxygen atoms in total. The van der Waals surface area contributed by atoms with Crippen LogP contribution in [0.15, 0.2) is 17.7 Å². The van der Waals surface area contributed by atoms with E-state index in [1.54, 1.807) is 11.3 Å². The predicted octanol–water partition coefficient (Wildman–Crippen LogP) is 3.90. The van der Waals surface area contributed by atoms with Crippen molar-refractivity contribution in [3.05, 3.63) is 33.0 Å². The van der Waals surface area contributed by atoms with Gasteiger partial charge in [0.1, 0.15) is 0 Å². The molecule has 0 saturated heterocycles. The second-order valence-electron chi connectivity index (χ2n) is 4.36. The first kappa shape index (κ1) is 14.0. The number of allylic oxidation sites excluding steroid dienone is 1. The molecule has 94 valence electrons. The van der Waals surface area contributed by atoms with Crippen molar-refractivity contribution in [2.24, 2.45) is 0 Å². The second-order valence-corrected chi connectivity index (χ2v) is 5.82. The third-order valence-corrected chi connectivity index (χ3v) is 3.74. The zero-order valence-electron chi connectivity index (χ0n) is 11.3. The fraction of sp³-hybridized carbons (Fsp3) is 0.500. The van der Waals surface area contributed by atoms with Gasteiger partial charge in [-0.2, -0.15) is 0 Å². The first-order valence-corrected chi connectivity index (χ1v) is 6.81. The van der Waals surface area contributed by atoms with Gasteiger partial charge in [0, 0.05) is 15.3 Å². The zero-order chi connectivity index (χ0) is 13.0. The largest absolute Gasteiger partial charge is 0.346 e. The van der Waals surface area contributed by atoms with Crippen molar-refractivity contribution in [3.8, 4) is 0 Å². The van der Waals surface area contributed by atoms with Gasteiger partial charge in [0.05, 0.1) is 6.04 Å². The minimum atomic E-state index is 0.0302. The van der Waals surface area contributed by atoms with Gasteiger partial charge in [0.15, 0.2) is 0 Å². The molecule has 3 heteroatoms. The van der Waals surface area contributed by atoms with Crippen molar-refractivity contribution in [3.63, 3.8) is 0 Å². The van der Waals surface area contributed by atoms with Gasteiger partial charge in [-0.25, -0.2) is 0 Å². The van der Waals surface area contributed by atoms with E-state index in [4.69, 9.17) is 0 Å². The molecule has 0 saturated carbocycles. The molecule has 1 rings (SSSR count). The fourth-order valence-electron chi connectivity index (χ4n) is 1.87. The summed E-state index contributed by atoms with van der Waals surface area (Å²) in [5.41, 5.74) is 2.02. The Hall–Kier alpha value is -1.09. The summed E-state index contributed by atoms with van der Waals surface area (Å²) >= 11 is 1.78. The lowest BCUT2D eigenvalue weighted by atomic mass is 10.1. The number of carbonyl (C=O) groups excluding carboxylic acids is 1. The zero-order valence-corrected chi connectivity index (χ0v) is 12.1. The number of hydrogen-bond donors (Lipinski definition) is 1. The minimum Gasteiger partial charge on any atom is -0.346 e. The van der Waals surface area contributed by atoms with Crippen LogP contribution in [0.2, 0.25) is 0 Å². The van der Waals surface area contributed by atoms with Gasteiger partial charge in [-0.05, 0) is 45.7 Å². The van der Waals surface area contributed by atoms with Crippen molar-refractivity contribution in [1.82, 2.24) is 5.32 Å². The van der Waals surface area contributed by atoms with E-state index in [0.29, 0.717) is 0 Å². The predicted molar refractivity (Wildman–Crippen MR) is 74.4 cm³/mol. The van der Waals surface area contributed by atoms with Crippen molar-refractivity contribution < 1.29 is 4.79 Å². The maximum Gasteiger partial charge on any atom is 0.247 e. The van der Waals surface area contributed by atoms with E-state index in [-0.39, 0.29) is 11.9 Å². The van der Waals surface area contributed by atoms with E-state index in [0.717, 1.165) is 12.0 Å². The third kappa shape index (κ3) is 3.70. The summed E-state index contributed by atoms with van der Waals surface area (Å²) in [7, 11) is 0. The summed E-state index contributed by atoms with van der Waals surface area (Å²) in [5.74, 6) is 0.0302. The number of hydrogen-bond acceptors (Lipinski definition) is 2. The Bertz CT molecular complexity index is 431. The molecule has 1 aromatic heterocycles. The van der Waals surface area contributed by atoms with E-state index in [1.165, 1.54) is 15.3 Å². The minimum absolute atomic E-state index is 0.0302. The summed E-state index contributed by atoms with van der Waals surface area (Å²) in [6, 6.07) is 2.23. The molecule has 0 bridgehead atoms. The average molecular weight is 251 g/mol. The van der Waals surface area contributed by atoms with E-state index >= 15 is 0 Å². The molecule has 0 spiro atoms. The first-order chi connectivity index (χ1) is 7.95. The SMILES string of the molecule is CC/C=C(\C)C(=O)NC(C)c1cc(C)sc1C. The normalized spacial score (nSPS) is 13.6. The summed E-state index contributed by atoms with van der Waals surface area (Å²) in [6.45, 7) is 10.1. The van der Waals surface area contributed by atoms with Crippen LogP contribution in [0.5, 0.6) is 0 Å². The highest BCUT2D eigenvalue weighted by atomic mass is 32.1. The van der Waals surface area contributed by atoms with Gasteiger partial charge in [0.2, 0.25) is 5.91 Å². The van der Waals surface area contributed by atoms with Crippen molar-refractivity contribution in [1.29, 1.82) is 0 Å². The topological polar surface area (TPSA) is 29.1 Å². The Labute approximate surface area is 108 Å². The van der Waals surface area contributed by atoms with Crippen LogP contribution in [0.25, 0.3) is 0 Å². The van der Waals surface area contributed by atoms with Crippen LogP contribution in [0.3, 0.4) is 0 Å². The van der Waals surface area contributed by atoms with E-state index in [2.05, 4.69) is 25.2 Å². The van der Waals surface area contributed by atoms with Crippen LogP contribution >= 0.6 is 11.3 Å². The third-order valence-electron chi connectivity index (χ3n) is 2.76. The van der Waals surface area contributed by atoms with Crippen LogP contribution < -0.4 is 5.32 Å². The monoisotopic (exact) mass is 251 g/mol. The van der Waals surface area contributed by atoms with Crippen LogP contribution in [-0.2, 0) is 4.79 Å². The molecule has 1 N–H and O–H groups in total. The molecule has 1 amide bonds. The van der Waals surface area contributed by atoms with Crippen LogP contribution in [0.4, 0.5) is 0 Å². The smallest absolute Gasteiger partial charge is 0.247 e. The van der Waals surface area contributed by atoms with Gasteiger partial charge >= 0.3 is 0 Å². The van der Waals surface area contributed by atoms with Crippen LogP contribution in [0, 0.1) is 13.8 Å². The van der Waals surface area contributed by atoms with Crippen molar-refractivity contribution >= 4 is 17.2 Å². The van der Waals surface area contributed by atoms with Gasteiger partial charge in [0.25, 0.3) is 0 Å². The second kappa shape index (κ2) is 6.01. The Morgan fingerprint density at radius 2 is 2.18 bits per heavy atom. The molecule has 0 aromatic carbocycles. The lowest BCUT2D eigenvalue weighted by molar-refractivity contribution is -0.118. The molecule has 17 heavy (non-hydrogen) atoms. The van der Waals surface area contributed by atoms with Gasteiger partial charge in [-0.3, -0.25) is 4.79 Å². The molecule has 0 aliphatic rings. The van der Waals surface area contributed by atoms with Crippen LogP contribution in [0.1, 0.15) is 48.6 Å². The van der Waals surface area contributed by atoms with E-state index in [9.17, 15) is 4.79 Å². The molecular formula is C14H21NOS. The Morgan fingerprint density at radius 3 is 2.65 bits per heavy atom. The molecule has 0 aliphatic carbocycles. The molecule has 1 unspecified atom stereocenters. The Kier molecular flexibility index (Phi) is 4.94. The molecule has 1 aromatic rings. The van der Waals surface area contributed by atoms with Gasteiger partial charge < -0.3 is 5.32 Å².